The lowest BCUT2D eigenvalue weighted by molar-refractivity contribution is -0.164. The molecule has 0 spiro atoms. The van der Waals surface area contributed by atoms with Crippen LogP contribution in [0.15, 0.2) is 11.7 Å². The molecule has 1 aliphatic rings. The SMILES string of the molecule is CC1(C)CON(Cc2cncs2)C1=O. The van der Waals surface area contributed by atoms with Crippen LogP contribution in [0.3, 0.4) is 0 Å². The first-order valence-corrected chi connectivity index (χ1v) is 5.30. The van der Waals surface area contributed by atoms with Crippen molar-refractivity contribution in [2.24, 2.45) is 5.41 Å². The lowest BCUT2D eigenvalue weighted by atomic mass is 9.95. The van der Waals surface area contributed by atoms with E-state index >= 15 is 0 Å². The highest BCUT2D eigenvalue weighted by atomic mass is 32.1. The summed E-state index contributed by atoms with van der Waals surface area (Å²) in [5.41, 5.74) is 1.37. The van der Waals surface area contributed by atoms with E-state index in [9.17, 15) is 4.79 Å². The molecule has 1 saturated heterocycles. The number of rotatable bonds is 2. The molecule has 0 bridgehead atoms. The van der Waals surface area contributed by atoms with Crippen LogP contribution in [-0.4, -0.2) is 22.6 Å². The number of amides is 1. The summed E-state index contributed by atoms with van der Waals surface area (Å²) in [6, 6.07) is 0. The smallest absolute Gasteiger partial charge is 0.254 e. The van der Waals surface area contributed by atoms with Crippen LogP contribution in [0.25, 0.3) is 0 Å². The van der Waals surface area contributed by atoms with Crippen molar-refractivity contribution in [3.8, 4) is 0 Å². The summed E-state index contributed by atoms with van der Waals surface area (Å²) in [5, 5.41) is 1.42. The molecular formula is C9H12N2O2S. The van der Waals surface area contributed by atoms with Gasteiger partial charge in [0, 0.05) is 11.1 Å². The Balaban J connectivity index is 2.05. The van der Waals surface area contributed by atoms with Crippen LogP contribution in [0.1, 0.15) is 18.7 Å². The van der Waals surface area contributed by atoms with Gasteiger partial charge in [0.25, 0.3) is 5.91 Å². The number of nitrogens with zero attached hydrogens (tertiary/aromatic N) is 2. The third kappa shape index (κ3) is 1.65. The van der Waals surface area contributed by atoms with Crippen molar-refractivity contribution in [1.29, 1.82) is 0 Å². The van der Waals surface area contributed by atoms with Gasteiger partial charge in [0.05, 0.1) is 24.1 Å². The van der Waals surface area contributed by atoms with Gasteiger partial charge in [-0.1, -0.05) is 0 Å². The number of hydrogen-bond donors (Lipinski definition) is 0. The molecule has 2 heterocycles. The maximum atomic E-state index is 11.7. The van der Waals surface area contributed by atoms with Gasteiger partial charge in [-0.25, -0.2) is 5.06 Å². The number of hydrogen-bond acceptors (Lipinski definition) is 4. The van der Waals surface area contributed by atoms with E-state index in [4.69, 9.17) is 4.84 Å². The van der Waals surface area contributed by atoms with Crippen LogP contribution in [-0.2, 0) is 16.2 Å². The maximum absolute atomic E-state index is 11.7. The summed E-state index contributed by atoms with van der Waals surface area (Å²) in [5.74, 6) is 0.0471. The number of carbonyl (C=O) groups is 1. The Hall–Kier alpha value is -0.940. The van der Waals surface area contributed by atoms with Crippen molar-refractivity contribution in [3.63, 3.8) is 0 Å². The maximum Gasteiger partial charge on any atom is 0.254 e. The monoisotopic (exact) mass is 212 g/mol. The predicted molar refractivity (Wildman–Crippen MR) is 52.4 cm³/mol. The zero-order valence-electron chi connectivity index (χ0n) is 8.19. The van der Waals surface area contributed by atoms with Gasteiger partial charge in [-0.05, 0) is 13.8 Å². The molecule has 14 heavy (non-hydrogen) atoms. The fraction of sp³-hybridized carbons (Fsp3) is 0.556. The Morgan fingerprint density at radius 1 is 1.71 bits per heavy atom. The molecular weight excluding hydrogens is 200 g/mol. The van der Waals surface area contributed by atoms with E-state index in [1.807, 2.05) is 13.8 Å². The molecule has 1 aromatic rings. The molecule has 1 aliphatic heterocycles. The third-order valence-corrected chi connectivity index (χ3v) is 2.93. The number of hydroxylamine groups is 2. The van der Waals surface area contributed by atoms with Gasteiger partial charge >= 0.3 is 0 Å². The average molecular weight is 212 g/mol. The summed E-state index contributed by atoms with van der Waals surface area (Å²) in [4.78, 5) is 22.0. The molecule has 1 aromatic heterocycles. The van der Waals surface area contributed by atoms with E-state index in [1.54, 1.807) is 11.7 Å². The van der Waals surface area contributed by atoms with E-state index in [1.165, 1.54) is 16.4 Å². The predicted octanol–water partition coefficient (Wildman–Crippen LogP) is 1.44. The normalized spacial score (nSPS) is 20.4. The van der Waals surface area contributed by atoms with Crippen LogP contribution in [0.2, 0.25) is 0 Å². The molecule has 0 radical (unpaired) electrons. The molecule has 0 saturated carbocycles. The summed E-state index contributed by atoms with van der Waals surface area (Å²) in [7, 11) is 0. The van der Waals surface area contributed by atoms with Crippen molar-refractivity contribution in [1.82, 2.24) is 10.0 Å². The first kappa shape index (κ1) is 9.61. The quantitative estimate of drug-likeness (QED) is 0.745. The largest absolute Gasteiger partial charge is 0.272 e. The Bertz CT molecular complexity index is 335. The number of thiazole rings is 1. The minimum absolute atomic E-state index is 0.0471. The molecule has 4 nitrogen and oxygen atoms in total. The summed E-state index contributed by atoms with van der Waals surface area (Å²) < 4.78 is 0. The summed E-state index contributed by atoms with van der Waals surface area (Å²) >= 11 is 1.53. The van der Waals surface area contributed by atoms with E-state index in [2.05, 4.69) is 4.98 Å². The molecule has 0 N–H and O–H groups in total. The van der Waals surface area contributed by atoms with Crippen molar-refractivity contribution >= 4 is 17.2 Å². The fourth-order valence-corrected chi connectivity index (χ4v) is 1.85. The standard InChI is InChI=1S/C9H12N2O2S/c1-9(2)5-13-11(8(9)12)4-7-3-10-6-14-7/h3,6H,4-5H2,1-2H3. The molecule has 0 aromatic carbocycles. The van der Waals surface area contributed by atoms with Gasteiger partial charge in [-0.15, -0.1) is 11.3 Å². The van der Waals surface area contributed by atoms with E-state index in [0.717, 1.165) is 4.88 Å². The molecule has 76 valence electrons. The van der Waals surface area contributed by atoms with Crippen LogP contribution in [0, 0.1) is 5.41 Å². The number of aromatic nitrogens is 1. The average Bonchev–Trinajstić information content (AvgIpc) is 2.70. The van der Waals surface area contributed by atoms with Gasteiger partial charge < -0.3 is 0 Å². The van der Waals surface area contributed by atoms with Crippen molar-refractivity contribution in [2.45, 2.75) is 20.4 Å². The highest BCUT2D eigenvalue weighted by Crippen LogP contribution is 2.28. The minimum atomic E-state index is -0.384. The second-order valence-corrected chi connectivity index (χ2v) is 4.94. The second-order valence-electron chi connectivity index (χ2n) is 3.97. The molecule has 2 rings (SSSR count). The van der Waals surface area contributed by atoms with Gasteiger partial charge in [0.15, 0.2) is 0 Å². The zero-order valence-corrected chi connectivity index (χ0v) is 9.00. The Labute approximate surface area is 86.5 Å². The minimum Gasteiger partial charge on any atom is -0.272 e. The first-order chi connectivity index (χ1) is 6.59. The second kappa shape index (κ2) is 3.33. The molecule has 1 fully saturated rings. The third-order valence-electron chi connectivity index (χ3n) is 2.17. The van der Waals surface area contributed by atoms with Gasteiger partial charge in [-0.3, -0.25) is 14.6 Å². The highest BCUT2D eigenvalue weighted by molar-refractivity contribution is 7.09. The molecule has 0 aliphatic carbocycles. The lowest BCUT2D eigenvalue weighted by Gasteiger charge is -2.14. The highest BCUT2D eigenvalue weighted by Gasteiger charge is 2.40. The van der Waals surface area contributed by atoms with Crippen LogP contribution in [0.4, 0.5) is 0 Å². The molecule has 0 atom stereocenters. The van der Waals surface area contributed by atoms with E-state index in [0.29, 0.717) is 13.2 Å². The van der Waals surface area contributed by atoms with Gasteiger partial charge in [0.2, 0.25) is 0 Å². The van der Waals surface area contributed by atoms with E-state index in [-0.39, 0.29) is 11.3 Å². The molecule has 1 amide bonds. The van der Waals surface area contributed by atoms with Gasteiger partial charge in [-0.2, -0.15) is 0 Å². The van der Waals surface area contributed by atoms with Gasteiger partial charge in [0.1, 0.15) is 0 Å². The van der Waals surface area contributed by atoms with Crippen LogP contribution < -0.4 is 0 Å². The Kier molecular flexibility index (Phi) is 2.28. The lowest BCUT2D eigenvalue weighted by Crippen LogP contribution is -2.30. The van der Waals surface area contributed by atoms with Crippen molar-refractivity contribution < 1.29 is 9.63 Å². The molecule has 5 heteroatoms. The van der Waals surface area contributed by atoms with Crippen LogP contribution in [0.5, 0.6) is 0 Å². The van der Waals surface area contributed by atoms with E-state index < -0.39 is 0 Å². The Morgan fingerprint density at radius 3 is 3.00 bits per heavy atom. The topological polar surface area (TPSA) is 42.4 Å². The van der Waals surface area contributed by atoms with Crippen LogP contribution >= 0.6 is 11.3 Å². The summed E-state index contributed by atoms with van der Waals surface area (Å²) in [6.45, 7) is 4.75. The van der Waals surface area contributed by atoms with Crippen molar-refractivity contribution in [2.75, 3.05) is 6.61 Å². The first-order valence-electron chi connectivity index (χ1n) is 4.42. The summed E-state index contributed by atoms with van der Waals surface area (Å²) in [6.07, 6.45) is 1.76. The zero-order chi connectivity index (χ0) is 10.2. The Morgan fingerprint density at radius 2 is 2.50 bits per heavy atom. The van der Waals surface area contributed by atoms with Crippen molar-refractivity contribution in [3.05, 3.63) is 16.6 Å². The molecule has 0 unspecified atom stereocenters. The fourth-order valence-electron chi connectivity index (χ4n) is 1.28. The number of carbonyl (C=O) groups excluding carboxylic acids is 1.